The van der Waals surface area contributed by atoms with Crippen molar-refractivity contribution in [2.24, 2.45) is 0 Å². The van der Waals surface area contributed by atoms with Gasteiger partial charge in [0, 0.05) is 6.04 Å². The molecule has 2 rings (SSSR count). The molecule has 0 aliphatic carbocycles. The number of hydrogen-bond donors (Lipinski definition) is 2. The van der Waals surface area contributed by atoms with Crippen molar-refractivity contribution in [2.75, 3.05) is 6.61 Å². The highest BCUT2D eigenvalue weighted by Gasteiger charge is 2.19. The van der Waals surface area contributed by atoms with Crippen LogP contribution in [0.1, 0.15) is 41.6 Å². The molecule has 2 aromatic rings. The molecule has 0 saturated heterocycles. The molecule has 0 aliphatic heterocycles. The Hall–Kier alpha value is -1.64. The van der Waals surface area contributed by atoms with Crippen molar-refractivity contribution >= 4 is 0 Å². The SMILES string of the molecule is CCC(CO)NC(c1ccccc1)c1ccc(C)cc1C. The van der Waals surface area contributed by atoms with Crippen molar-refractivity contribution in [3.8, 4) is 0 Å². The minimum atomic E-state index is 0.107. The zero-order valence-corrected chi connectivity index (χ0v) is 13.1. The quantitative estimate of drug-likeness (QED) is 0.846. The van der Waals surface area contributed by atoms with Gasteiger partial charge in [-0.05, 0) is 37.0 Å². The van der Waals surface area contributed by atoms with Crippen molar-refractivity contribution in [1.82, 2.24) is 5.32 Å². The Balaban J connectivity index is 2.40. The molecule has 0 radical (unpaired) electrons. The van der Waals surface area contributed by atoms with E-state index >= 15 is 0 Å². The van der Waals surface area contributed by atoms with Gasteiger partial charge in [-0.1, -0.05) is 61.0 Å². The van der Waals surface area contributed by atoms with Crippen LogP contribution in [0.3, 0.4) is 0 Å². The lowest BCUT2D eigenvalue weighted by Gasteiger charge is -2.26. The fourth-order valence-corrected chi connectivity index (χ4v) is 2.70. The molecule has 2 unspecified atom stereocenters. The van der Waals surface area contributed by atoms with E-state index in [0.29, 0.717) is 0 Å². The molecule has 0 heterocycles. The Morgan fingerprint density at radius 3 is 2.33 bits per heavy atom. The maximum atomic E-state index is 9.52. The third-order valence-corrected chi connectivity index (χ3v) is 3.98. The van der Waals surface area contributed by atoms with Crippen LogP contribution in [0.5, 0.6) is 0 Å². The highest BCUT2D eigenvalue weighted by molar-refractivity contribution is 5.39. The number of aliphatic hydroxyl groups excluding tert-OH is 1. The van der Waals surface area contributed by atoms with E-state index in [2.05, 4.69) is 68.6 Å². The van der Waals surface area contributed by atoms with E-state index in [4.69, 9.17) is 0 Å². The summed E-state index contributed by atoms with van der Waals surface area (Å²) >= 11 is 0. The second-order valence-electron chi connectivity index (χ2n) is 5.66. The van der Waals surface area contributed by atoms with E-state index in [1.165, 1.54) is 22.3 Å². The van der Waals surface area contributed by atoms with E-state index in [-0.39, 0.29) is 18.7 Å². The summed E-state index contributed by atoms with van der Waals surface area (Å²) in [6, 6.07) is 17.2. The first-order valence-corrected chi connectivity index (χ1v) is 7.64. The lowest BCUT2D eigenvalue weighted by molar-refractivity contribution is 0.232. The molecule has 0 aliphatic rings. The van der Waals surface area contributed by atoms with Crippen molar-refractivity contribution in [3.05, 3.63) is 70.8 Å². The van der Waals surface area contributed by atoms with Gasteiger partial charge in [-0.15, -0.1) is 0 Å². The normalized spacial score (nSPS) is 13.9. The molecule has 112 valence electrons. The van der Waals surface area contributed by atoms with E-state index < -0.39 is 0 Å². The highest BCUT2D eigenvalue weighted by atomic mass is 16.3. The number of hydrogen-bond acceptors (Lipinski definition) is 2. The van der Waals surface area contributed by atoms with Gasteiger partial charge in [-0.25, -0.2) is 0 Å². The number of aryl methyl sites for hydroxylation is 2. The van der Waals surface area contributed by atoms with Gasteiger partial charge in [0.1, 0.15) is 0 Å². The Labute approximate surface area is 127 Å². The van der Waals surface area contributed by atoms with Crippen LogP contribution in [-0.2, 0) is 0 Å². The van der Waals surface area contributed by atoms with Crippen LogP contribution in [0, 0.1) is 13.8 Å². The van der Waals surface area contributed by atoms with Crippen LogP contribution < -0.4 is 5.32 Å². The second-order valence-corrected chi connectivity index (χ2v) is 5.66. The predicted octanol–water partition coefficient (Wildman–Crippen LogP) is 3.75. The van der Waals surface area contributed by atoms with Crippen molar-refractivity contribution < 1.29 is 5.11 Å². The van der Waals surface area contributed by atoms with Crippen LogP contribution in [-0.4, -0.2) is 17.8 Å². The predicted molar refractivity (Wildman–Crippen MR) is 88.5 cm³/mol. The van der Waals surface area contributed by atoms with Crippen LogP contribution >= 0.6 is 0 Å². The standard InChI is InChI=1S/C19H25NO/c1-4-17(13-21)20-19(16-8-6-5-7-9-16)18-11-10-14(2)12-15(18)3/h5-12,17,19-21H,4,13H2,1-3H3. The third kappa shape index (κ3) is 3.93. The largest absolute Gasteiger partial charge is 0.395 e. The summed E-state index contributed by atoms with van der Waals surface area (Å²) in [4.78, 5) is 0. The molecule has 2 heteroatoms. The molecule has 0 bridgehead atoms. The van der Waals surface area contributed by atoms with Gasteiger partial charge in [0.05, 0.1) is 12.6 Å². The van der Waals surface area contributed by atoms with Crippen LogP contribution in [0.2, 0.25) is 0 Å². The van der Waals surface area contributed by atoms with Gasteiger partial charge in [0.15, 0.2) is 0 Å². The van der Waals surface area contributed by atoms with Gasteiger partial charge in [0.2, 0.25) is 0 Å². The first-order chi connectivity index (χ1) is 10.2. The minimum Gasteiger partial charge on any atom is -0.395 e. The van der Waals surface area contributed by atoms with E-state index in [9.17, 15) is 5.11 Å². The lowest BCUT2D eigenvalue weighted by Crippen LogP contribution is -2.36. The average Bonchev–Trinajstić information content (AvgIpc) is 2.50. The number of benzene rings is 2. The van der Waals surface area contributed by atoms with E-state index in [1.807, 2.05) is 6.07 Å². The molecule has 0 amide bonds. The van der Waals surface area contributed by atoms with Gasteiger partial charge in [0.25, 0.3) is 0 Å². The first-order valence-electron chi connectivity index (χ1n) is 7.64. The lowest BCUT2D eigenvalue weighted by atomic mass is 9.93. The van der Waals surface area contributed by atoms with Crippen molar-refractivity contribution in [1.29, 1.82) is 0 Å². The summed E-state index contributed by atoms with van der Waals surface area (Å²) in [6.45, 7) is 6.52. The smallest absolute Gasteiger partial charge is 0.0584 e. The molecule has 0 spiro atoms. The van der Waals surface area contributed by atoms with Crippen LogP contribution in [0.15, 0.2) is 48.5 Å². The van der Waals surface area contributed by atoms with Crippen LogP contribution in [0.4, 0.5) is 0 Å². The molecule has 2 atom stereocenters. The molecular formula is C19H25NO. The van der Waals surface area contributed by atoms with Gasteiger partial charge in [-0.2, -0.15) is 0 Å². The van der Waals surface area contributed by atoms with E-state index in [1.54, 1.807) is 0 Å². The van der Waals surface area contributed by atoms with Crippen molar-refractivity contribution in [3.63, 3.8) is 0 Å². The molecule has 0 saturated carbocycles. The first kappa shape index (κ1) is 15.7. The average molecular weight is 283 g/mol. The monoisotopic (exact) mass is 283 g/mol. The van der Waals surface area contributed by atoms with E-state index in [0.717, 1.165) is 6.42 Å². The maximum absolute atomic E-state index is 9.52. The Kier molecular flexibility index (Phi) is 5.54. The summed E-state index contributed by atoms with van der Waals surface area (Å²) in [5.74, 6) is 0. The molecule has 2 aromatic carbocycles. The Bertz CT molecular complexity index is 561. The molecule has 2 N–H and O–H groups in total. The summed E-state index contributed by atoms with van der Waals surface area (Å²) in [5.41, 5.74) is 5.07. The summed E-state index contributed by atoms with van der Waals surface area (Å²) in [5, 5.41) is 13.1. The molecule has 0 fully saturated rings. The van der Waals surface area contributed by atoms with Gasteiger partial charge in [-0.3, -0.25) is 0 Å². The topological polar surface area (TPSA) is 32.3 Å². The fourth-order valence-electron chi connectivity index (χ4n) is 2.70. The van der Waals surface area contributed by atoms with Crippen molar-refractivity contribution in [2.45, 2.75) is 39.3 Å². The summed E-state index contributed by atoms with van der Waals surface area (Å²) in [7, 11) is 0. The zero-order chi connectivity index (χ0) is 15.2. The van der Waals surface area contributed by atoms with Gasteiger partial charge < -0.3 is 10.4 Å². The fraction of sp³-hybridized carbons (Fsp3) is 0.368. The highest BCUT2D eigenvalue weighted by Crippen LogP contribution is 2.26. The Morgan fingerprint density at radius 1 is 1.05 bits per heavy atom. The number of nitrogens with one attached hydrogen (secondary N) is 1. The van der Waals surface area contributed by atoms with Crippen LogP contribution in [0.25, 0.3) is 0 Å². The Morgan fingerprint density at radius 2 is 1.76 bits per heavy atom. The van der Waals surface area contributed by atoms with Gasteiger partial charge >= 0.3 is 0 Å². The maximum Gasteiger partial charge on any atom is 0.0584 e. The zero-order valence-electron chi connectivity index (χ0n) is 13.1. The number of aliphatic hydroxyl groups is 1. The summed E-state index contributed by atoms with van der Waals surface area (Å²) < 4.78 is 0. The minimum absolute atomic E-state index is 0.107. The summed E-state index contributed by atoms with van der Waals surface area (Å²) in [6.07, 6.45) is 0.907. The third-order valence-electron chi connectivity index (χ3n) is 3.98. The molecule has 0 aromatic heterocycles. The molecule has 2 nitrogen and oxygen atoms in total. The number of rotatable bonds is 6. The second kappa shape index (κ2) is 7.39. The molecule has 21 heavy (non-hydrogen) atoms. The molecular weight excluding hydrogens is 258 g/mol.